The summed E-state index contributed by atoms with van der Waals surface area (Å²) >= 11 is 0. The van der Waals surface area contributed by atoms with E-state index >= 15 is 0 Å². The first-order valence-corrected chi connectivity index (χ1v) is 8.77. The molecule has 1 aliphatic rings. The van der Waals surface area contributed by atoms with Gasteiger partial charge in [-0.2, -0.15) is 0 Å². The Hall–Kier alpha value is -2.18. The Kier molecular flexibility index (Phi) is 7.56. The van der Waals surface area contributed by atoms with Crippen LogP contribution in [0.4, 0.5) is 8.78 Å². The van der Waals surface area contributed by atoms with Gasteiger partial charge in [0.2, 0.25) is 5.91 Å². The fourth-order valence-corrected chi connectivity index (χ4v) is 3.37. The number of ether oxygens (including phenoxy) is 1. The lowest BCUT2D eigenvalue weighted by molar-refractivity contribution is -0.126. The molecule has 1 saturated carbocycles. The maximum absolute atomic E-state index is 14.2. The molecule has 4 nitrogen and oxygen atoms in total. The Labute approximate surface area is 163 Å². The molecule has 1 fully saturated rings. The number of para-hydroxylation sites is 1. The first-order chi connectivity index (χ1) is 12.6. The minimum atomic E-state index is -0.610. The molecule has 7 heteroatoms. The SMILES string of the molecule is Cl.NC[C@H]1CCC[C@H]1C(=O)NCc1ccc(Oc2ccccc2F)c(F)c1. The third-order valence-corrected chi connectivity index (χ3v) is 4.82. The van der Waals surface area contributed by atoms with Gasteiger partial charge >= 0.3 is 0 Å². The van der Waals surface area contributed by atoms with Crippen molar-refractivity contribution in [2.45, 2.75) is 25.8 Å². The molecule has 2 atom stereocenters. The highest BCUT2D eigenvalue weighted by molar-refractivity contribution is 5.85. The summed E-state index contributed by atoms with van der Waals surface area (Å²) in [5.41, 5.74) is 6.32. The zero-order valence-electron chi connectivity index (χ0n) is 14.8. The third-order valence-electron chi connectivity index (χ3n) is 4.82. The van der Waals surface area contributed by atoms with Crippen LogP contribution in [0.5, 0.6) is 11.5 Å². The first-order valence-electron chi connectivity index (χ1n) is 8.77. The molecule has 0 saturated heterocycles. The number of amides is 1. The molecule has 27 heavy (non-hydrogen) atoms. The summed E-state index contributed by atoms with van der Waals surface area (Å²) in [6, 6.07) is 10.2. The van der Waals surface area contributed by atoms with Crippen LogP contribution in [0.3, 0.4) is 0 Å². The normalized spacial score (nSPS) is 18.6. The zero-order chi connectivity index (χ0) is 18.5. The van der Waals surface area contributed by atoms with Gasteiger partial charge < -0.3 is 15.8 Å². The first kappa shape index (κ1) is 21.1. The van der Waals surface area contributed by atoms with Crippen LogP contribution in [0, 0.1) is 23.5 Å². The van der Waals surface area contributed by atoms with Crippen LogP contribution in [0.25, 0.3) is 0 Å². The van der Waals surface area contributed by atoms with Gasteiger partial charge in [0.25, 0.3) is 0 Å². The van der Waals surface area contributed by atoms with Crippen molar-refractivity contribution in [1.29, 1.82) is 0 Å². The van der Waals surface area contributed by atoms with Crippen molar-refractivity contribution in [3.63, 3.8) is 0 Å². The molecule has 2 aromatic carbocycles. The maximum atomic E-state index is 14.2. The van der Waals surface area contributed by atoms with E-state index in [1.807, 2.05) is 0 Å². The molecular formula is C20H23ClF2N2O2. The third kappa shape index (κ3) is 5.17. The monoisotopic (exact) mass is 396 g/mol. The Morgan fingerprint density at radius 3 is 2.56 bits per heavy atom. The Morgan fingerprint density at radius 1 is 1.11 bits per heavy atom. The van der Waals surface area contributed by atoms with Crippen LogP contribution in [0.15, 0.2) is 42.5 Å². The summed E-state index contributed by atoms with van der Waals surface area (Å²) in [5.74, 6) is -1.15. The van der Waals surface area contributed by atoms with Crippen molar-refractivity contribution < 1.29 is 18.3 Å². The van der Waals surface area contributed by atoms with Crippen LogP contribution < -0.4 is 15.8 Å². The molecule has 0 aliphatic heterocycles. The van der Waals surface area contributed by atoms with Gasteiger partial charge in [-0.1, -0.05) is 24.6 Å². The lowest BCUT2D eigenvalue weighted by Crippen LogP contribution is -2.34. The molecule has 1 amide bonds. The Bertz CT molecular complexity index is 788. The highest BCUT2D eigenvalue weighted by Gasteiger charge is 2.31. The number of hydrogen-bond acceptors (Lipinski definition) is 3. The number of halogens is 3. The van der Waals surface area contributed by atoms with E-state index in [1.54, 1.807) is 12.1 Å². The van der Waals surface area contributed by atoms with Crippen molar-refractivity contribution in [3.05, 3.63) is 59.7 Å². The number of carbonyl (C=O) groups excluding carboxylic acids is 1. The van der Waals surface area contributed by atoms with Crippen molar-refractivity contribution >= 4 is 18.3 Å². The van der Waals surface area contributed by atoms with Gasteiger partial charge in [-0.25, -0.2) is 8.78 Å². The molecule has 0 aromatic heterocycles. The number of carbonyl (C=O) groups is 1. The number of nitrogens with two attached hydrogens (primary N) is 1. The quantitative estimate of drug-likeness (QED) is 0.770. The average Bonchev–Trinajstić information content (AvgIpc) is 3.12. The van der Waals surface area contributed by atoms with E-state index in [4.69, 9.17) is 10.5 Å². The zero-order valence-corrected chi connectivity index (χ0v) is 15.6. The molecule has 0 bridgehead atoms. The number of nitrogens with one attached hydrogen (secondary N) is 1. The van der Waals surface area contributed by atoms with E-state index in [1.165, 1.54) is 30.3 Å². The Morgan fingerprint density at radius 2 is 1.85 bits per heavy atom. The summed E-state index contributed by atoms with van der Waals surface area (Å²) in [5, 5.41) is 2.85. The second-order valence-corrected chi connectivity index (χ2v) is 6.55. The standard InChI is InChI=1S/C20H22F2N2O2.ClH/c21-16-6-1-2-7-18(16)26-19-9-8-13(10-17(19)22)12-24-20(25)15-5-3-4-14(15)11-23;/h1-2,6-10,14-15H,3-5,11-12,23H2,(H,24,25);1H/t14-,15-;/m1./s1. The van der Waals surface area contributed by atoms with Crippen LogP contribution >= 0.6 is 12.4 Å². The van der Waals surface area contributed by atoms with Gasteiger partial charge in [-0.05, 0) is 55.1 Å². The van der Waals surface area contributed by atoms with E-state index in [0.717, 1.165) is 19.3 Å². The second-order valence-electron chi connectivity index (χ2n) is 6.55. The lowest BCUT2D eigenvalue weighted by atomic mass is 9.95. The molecule has 0 unspecified atom stereocenters. The van der Waals surface area contributed by atoms with Gasteiger partial charge in [-0.15, -0.1) is 12.4 Å². The lowest BCUT2D eigenvalue weighted by Gasteiger charge is -2.17. The van der Waals surface area contributed by atoms with Crippen molar-refractivity contribution in [1.82, 2.24) is 5.32 Å². The summed E-state index contributed by atoms with van der Waals surface area (Å²) in [6.45, 7) is 0.734. The number of hydrogen-bond donors (Lipinski definition) is 2. The van der Waals surface area contributed by atoms with Gasteiger partial charge in [0, 0.05) is 12.5 Å². The van der Waals surface area contributed by atoms with E-state index in [-0.39, 0.29) is 48.2 Å². The molecule has 0 radical (unpaired) electrons. The predicted molar refractivity (Wildman–Crippen MR) is 102 cm³/mol. The van der Waals surface area contributed by atoms with Crippen LogP contribution in [-0.2, 0) is 11.3 Å². The average molecular weight is 397 g/mol. The van der Waals surface area contributed by atoms with E-state index in [2.05, 4.69) is 5.32 Å². The molecule has 0 spiro atoms. The molecule has 2 aromatic rings. The van der Waals surface area contributed by atoms with Crippen LogP contribution in [0.2, 0.25) is 0 Å². The predicted octanol–water partition coefficient (Wildman–Crippen LogP) is 4.17. The van der Waals surface area contributed by atoms with Crippen LogP contribution in [0.1, 0.15) is 24.8 Å². The van der Waals surface area contributed by atoms with E-state index in [9.17, 15) is 13.6 Å². The van der Waals surface area contributed by atoms with Crippen molar-refractivity contribution in [2.75, 3.05) is 6.54 Å². The van der Waals surface area contributed by atoms with Gasteiger partial charge in [0.1, 0.15) is 0 Å². The molecule has 3 N–H and O–H groups in total. The van der Waals surface area contributed by atoms with E-state index < -0.39 is 11.6 Å². The molecular weight excluding hydrogens is 374 g/mol. The highest BCUT2D eigenvalue weighted by Crippen LogP contribution is 2.31. The van der Waals surface area contributed by atoms with Gasteiger partial charge in [0.15, 0.2) is 23.1 Å². The smallest absolute Gasteiger partial charge is 0.223 e. The number of benzene rings is 2. The Balaban J connectivity index is 0.00000261. The maximum Gasteiger partial charge on any atom is 0.223 e. The highest BCUT2D eigenvalue weighted by atomic mass is 35.5. The molecule has 146 valence electrons. The van der Waals surface area contributed by atoms with Gasteiger partial charge in [-0.3, -0.25) is 4.79 Å². The fraction of sp³-hybridized carbons (Fsp3) is 0.350. The second kappa shape index (κ2) is 9.67. The minimum Gasteiger partial charge on any atom is -0.451 e. The summed E-state index contributed by atoms with van der Waals surface area (Å²) in [6.07, 6.45) is 2.83. The topological polar surface area (TPSA) is 64.4 Å². The fourth-order valence-electron chi connectivity index (χ4n) is 3.37. The molecule has 0 heterocycles. The van der Waals surface area contributed by atoms with Gasteiger partial charge in [0.05, 0.1) is 0 Å². The summed E-state index contributed by atoms with van der Waals surface area (Å²) < 4.78 is 33.1. The molecule has 3 rings (SSSR count). The summed E-state index contributed by atoms with van der Waals surface area (Å²) in [7, 11) is 0. The molecule has 1 aliphatic carbocycles. The van der Waals surface area contributed by atoms with Crippen LogP contribution in [-0.4, -0.2) is 12.5 Å². The number of rotatable bonds is 6. The summed E-state index contributed by atoms with van der Waals surface area (Å²) in [4.78, 5) is 12.3. The van der Waals surface area contributed by atoms with E-state index in [0.29, 0.717) is 12.1 Å². The van der Waals surface area contributed by atoms with Crippen molar-refractivity contribution in [3.8, 4) is 11.5 Å². The van der Waals surface area contributed by atoms with Crippen molar-refractivity contribution in [2.24, 2.45) is 17.6 Å². The minimum absolute atomic E-state index is 0. The largest absolute Gasteiger partial charge is 0.451 e.